The number of amides is 1. The molecule has 1 N–H and O–H groups in total. The number of ether oxygens (including phenoxy) is 1. The summed E-state index contributed by atoms with van der Waals surface area (Å²) in [6.45, 7) is 0.590. The molecule has 27 heavy (non-hydrogen) atoms. The average Bonchev–Trinajstić information content (AvgIpc) is 3.28. The summed E-state index contributed by atoms with van der Waals surface area (Å²) >= 11 is 3.27. The van der Waals surface area contributed by atoms with E-state index in [1.807, 2.05) is 24.3 Å². The van der Waals surface area contributed by atoms with Gasteiger partial charge in [-0.3, -0.25) is 4.79 Å². The van der Waals surface area contributed by atoms with Gasteiger partial charge in [0.1, 0.15) is 21.9 Å². The van der Waals surface area contributed by atoms with Gasteiger partial charge in [-0.2, -0.15) is 0 Å². The van der Waals surface area contributed by atoms with Gasteiger partial charge in [0.2, 0.25) is 5.91 Å². The molecule has 0 saturated carbocycles. The molecule has 0 spiro atoms. The molecule has 0 fully saturated rings. The zero-order valence-electron chi connectivity index (χ0n) is 15.2. The first-order valence-electron chi connectivity index (χ1n) is 9.03. The Morgan fingerprint density at radius 2 is 2.19 bits per heavy atom. The number of hydrogen-bond acceptors (Lipinski definition) is 6. The van der Waals surface area contributed by atoms with Gasteiger partial charge in [-0.05, 0) is 42.9 Å². The fourth-order valence-corrected chi connectivity index (χ4v) is 5.59. The van der Waals surface area contributed by atoms with E-state index in [0.29, 0.717) is 12.3 Å². The lowest BCUT2D eigenvalue weighted by atomic mass is 10.1. The van der Waals surface area contributed by atoms with Gasteiger partial charge in [0, 0.05) is 16.8 Å². The predicted octanol–water partition coefficient (Wildman–Crippen LogP) is 3.64. The lowest BCUT2D eigenvalue weighted by molar-refractivity contribution is -0.118. The summed E-state index contributed by atoms with van der Waals surface area (Å²) in [6, 6.07) is 7.89. The summed E-state index contributed by atoms with van der Waals surface area (Å²) in [5, 5.41) is 5.09. The molecule has 0 saturated heterocycles. The van der Waals surface area contributed by atoms with Gasteiger partial charge in [-0.1, -0.05) is 30.0 Å². The highest BCUT2D eigenvalue weighted by atomic mass is 32.2. The SMILES string of the molecule is COc1ccccc1CCNC(=O)CSc1ncnc2sc3c(c12)CCC3. The Morgan fingerprint density at radius 1 is 1.30 bits per heavy atom. The van der Waals surface area contributed by atoms with E-state index < -0.39 is 0 Å². The normalized spacial score (nSPS) is 12.9. The van der Waals surface area contributed by atoms with Crippen LogP contribution in [0.5, 0.6) is 5.75 Å². The first-order chi connectivity index (χ1) is 13.3. The van der Waals surface area contributed by atoms with Gasteiger partial charge < -0.3 is 10.1 Å². The summed E-state index contributed by atoms with van der Waals surface area (Å²) in [4.78, 5) is 23.6. The molecule has 0 atom stereocenters. The van der Waals surface area contributed by atoms with Crippen LogP contribution in [0.2, 0.25) is 0 Å². The van der Waals surface area contributed by atoms with Crippen LogP contribution in [0.4, 0.5) is 0 Å². The zero-order chi connectivity index (χ0) is 18.6. The molecule has 0 radical (unpaired) electrons. The highest BCUT2D eigenvalue weighted by Crippen LogP contribution is 2.39. The molecule has 0 aliphatic heterocycles. The summed E-state index contributed by atoms with van der Waals surface area (Å²) in [7, 11) is 1.66. The molecule has 0 unspecified atom stereocenters. The number of aromatic nitrogens is 2. The fraction of sp³-hybridized carbons (Fsp3) is 0.350. The third-order valence-electron chi connectivity index (χ3n) is 4.72. The van der Waals surface area contributed by atoms with Crippen LogP contribution in [0.1, 0.15) is 22.4 Å². The fourth-order valence-electron chi connectivity index (χ4n) is 3.44. The van der Waals surface area contributed by atoms with Crippen molar-refractivity contribution in [1.29, 1.82) is 0 Å². The van der Waals surface area contributed by atoms with Gasteiger partial charge in [-0.15, -0.1) is 11.3 Å². The molecule has 1 aromatic carbocycles. The Hall–Kier alpha value is -2.12. The van der Waals surface area contributed by atoms with Gasteiger partial charge >= 0.3 is 0 Å². The Bertz CT molecular complexity index is 971. The second-order valence-electron chi connectivity index (χ2n) is 6.42. The number of para-hydroxylation sites is 1. The summed E-state index contributed by atoms with van der Waals surface area (Å²) in [5.74, 6) is 1.24. The maximum absolute atomic E-state index is 12.3. The Kier molecular flexibility index (Phi) is 5.59. The molecule has 2 heterocycles. The number of nitrogens with one attached hydrogen (secondary N) is 1. The van der Waals surface area contributed by atoms with Crippen molar-refractivity contribution in [1.82, 2.24) is 15.3 Å². The van der Waals surface area contributed by atoms with E-state index in [0.717, 1.165) is 40.4 Å². The lowest BCUT2D eigenvalue weighted by Crippen LogP contribution is -2.27. The Morgan fingerprint density at radius 3 is 3.07 bits per heavy atom. The number of hydrogen-bond donors (Lipinski definition) is 1. The monoisotopic (exact) mass is 399 g/mol. The van der Waals surface area contributed by atoms with Crippen molar-refractivity contribution in [2.45, 2.75) is 30.7 Å². The standard InChI is InChI=1S/C20H21N3O2S2/c1-25-15-7-3-2-5-13(15)9-10-21-17(24)11-26-19-18-14-6-4-8-16(14)27-20(18)23-12-22-19/h2-3,5,7,12H,4,6,8-11H2,1H3,(H,21,24). The van der Waals surface area contributed by atoms with E-state index >= 15 is 0 Å². The molecule has 1 aliphatic carbocycles. The van der Waals surface area contributed by atoms with E-state index in [1.54, 1.807) is 24.8 Å². The number of nitrogens with zero attached hydrogens (tertiary/aromatic N) is 2. The second kappa shape index (κ2) is 8.27. The van der Waals surface area contributed by atoms with Crippen molar-refractivity contribution in [3.05, 3.63) is 46.6 Å². The van der Waals surface area contributed by atoms with Crippen LogP contribution in [0.15, 0.2) is 35.6 Å². The molecular formula is C20H21N3O2S2. The van der Waals surface area contributed by atoms with Crippen LogP contribution in [-0.4, -0.2) is 35.3 Å². The largest absolute Gasteiger partial charge is 0.496 e. The maximum atomic E-state index is 12.3. The number of aryl methyl sites for hydroxylation is 2. The molecule has 140 valence electrons. The maximum Gasteiger partial charge on any atom is 0.230 e. The van der Waals surface area contributed by atoms with Crippen LogP contribution in [0.25, 0.3) is 10.2 Å². The molecule has 7 heteroatoms. The van der Waals surface area contributed by atoms with Gasteiger partial charge in [0.15, 0.2) is 0 Å². The van der Waals surface area contributed by atoms with E-state index in [-0.39, 0.29) is 5.91 Å². The van der Waals surface area contributed by atoms with Gasteiger partial charge in [0.25, 0.3) is 0 Å². The number of thioether (sulfide) groups is 1. The molecule has 2 aromatic heterocycles. The van der Waals surface area contributed by atoms with Crippen molar-refractivity contribution in [2.75, 3.05) is 19.4 Å². The zero-order valence-corrected chi connectivity index (χ0v) is 16.8. The number of benzene rings is 1. The molecular weight excluding hydrogens is 378 g/mol. The number of fused-ring (bicyclic) bond motifs is 3. The predicted molar refractivity (Wildman–Crippen MR) is 110 cm³/mol. The first kappa shape index (κ1) is 18.3. The quantitative estimate of drug-likeness (QED) is 0.485. The minimum absolute atomic E-state index is 0.0218. The number of carbonyl (C=O) groups excluding carboxylic acids is 1. The van der Waals surface area contributed by atoms with Gasteiger partial charge in [0.05, 0.1) is 12.9 Å². The van der Waals surface area contributed by atoms with Crippen LogP contribution in [0.3, 0.4) is 0 Å². The van der Waals surface area contributed by atoms with Crippen LogP contribution >= 0.6 is 23.1 Å². The summed E-state index contributed by atoms with van der Waals surface area (Å²) in [5.41, 5.74) is 2.49. The van der Waals surface area contributed by atoms with Crippen molar-refractivity contribution in [3.63, 3.8) is 0 Å². The Balaban J connectivity index is 1.34. The molecule has 1 amide bonds. The second-order valence-corrected chi connectivity index (χ2v) is 8.46. The van der Waals surface area contributed by atoms with E-state index in [4.69, 9.17) is 4.74 Å². The van der Waals surface area contributed by atoms with Crippen LogP contribution in [0, 0.1) is 0 Å². The van der Waals surface area contributed by atoms with Crippen molar-refractivity contribution < 1.29 is 9.53 Å². The first-order valence-corrected chi connectivity index (χ1v) is 10.8. The van der Waals surface area contributed by atoms with Crippen molar-refractivity contribution >= 4 is 39.2 Å². The van der Waals surface area contributed by atoms with Crippen LogP contribution < -0.4 is 10.1 Å². The highest BCUT2D eigenvalue weighted by Gasteiger charge is 2.21. The van der Waals surface area contributed by atoms with E-state index in [1.165, 1.54) is 34.0 Å². The number of methoxy groups -OCH3 is 1. The Labute approximate surface area is 166 Å². The molecule has 5 nitrogen and oxygen atoms in total. The lowest BCUT2D eigenvalue weighted by Gasteiger charge is -2.09. The molecule has 0 bridgehead atoms. The average molecular weight is 400 g/mol. The summed E-state index contributed by atoms with van der Waals surface area (Å²) in [6.07, 6.45) is 5.80. The number of rotatable bonds is 7. The minimum atomic E-state index is 0.0218. The number of thiophene rings is 1. The summed E-state index contributed by atoms with van der Waals surface area (Å²) < 4.78 is 5.35. The highest BCUT2D eigenvalue weighted by molar-refractivity contribution is 8.00. The smallest absolute Gasteiger partial charge is 0.230 e. The topological polar surface area (TPSA) is 64.1 Å². The molecule has 3 aromatic rings. The van der Waals surface area contributed by atoms with E-state index in [2.05, 4.69) is 15.3 Å². The minimum Gasteiger partial charge on any atom is -0.496 e. The van der Waals surface area contributed by atoms with Gasteiger partial charge in [-0.25, -0.2) is 9.97 Å². The molecule has 4 rings (SSSR count). The van der Waals surface area contributed by atoms with Crippen LogP contribution in [-0.2, 0) is 24.1 Å². The number of carbonyl (C=O) groups is 1. The van der Waals surface area contributed by atoms with Crippen molar-refractivity contribution in [2.24, 2.45) is 0 Å². The third-order valence-corrected chi connectivity index (χ3v) is 6.90. The van der Waals surface area contributed by atoms with E-state index in [9.17, 15) is 4.79 Å². The van der Waals surface area contributed by atoms with Crippen molar-refractivity contribution in [3.8, 4) is 5.75 Å². The molecule has 1 aliphatic rings. The third kappa shape index (κ3) is 3.94.